The molecule has 1 saturated carbocycles. The molecule has 0 N–H and O–H groups in total. The fourth-order valence-electron chi connectivity index (χ4n) is 2.71. The van der Waals surface area contributed by atoms with Crippen molar-refractivity contribution in [3.8, 4) is 6.07 Å². The van der Waals surface area contributed by atoms with Crippen molar-refractivity contribution in [1.29, 1.82) is 5.26 Å². The normalized spacial score (nSPS) is 39.1. The molecule has 2 aliphatic rings. The minimum Gasteiger partial charge on any atom is -0.344 e. The molecule has 0 unspecified atom stereocenters. The van der Waals surface area contributed by atoms with Gasteiger partial charge in [0.1, 0.15) is 0 Å². The molecule has 1 aliphatic carbocycles. The minimum atomic E-state index is -0.438. The molecule has 1 spiro atoms. The standard InChI is InChI=1S/C12H19NO2/c1-9-10(2)15-12(14-9)7-4-3-5-11(12)6-8-13/h9-11H,3-7H2,1-2H3/t9-,10-,11-/m1/s1. The molecule has 1 heterocycles. The van der Waals surface area contributed by atoms with Gasteiger partial charge in [-0.25, -0.2) is 0 Å². The summed E-state index contributed by atoms with van der Waals surface area (Å²) in [5.74, 6) is -0.170. The van der Waals surface area contributed by atoms with Gasteiger partial charge in [0.25, 0.3) is 0 Å². The van der Waals surface area contributed by atoms with Crippen LogP contribution in [0.1, 0.15) is 46.0 Å². The van der Waals surface area contributed by atoms with Crippen molar-refractivity contribution < 1.29 is 9.47 Å². The third-order valence-corrected chi connectivity index (χ3v) is 3.72. The van der Waals surface area contributed by atoms with Gasteiger partial charge in [0.15, 0.2) is 5.79 Å². The number of rotatable bonds is 1. The third kappa shape index (κ3) is 1.89. The highest BCUT2D eigenvalue weighted by Crippen LogP contribution is 2.45. The van der Waals surface area contributed by atoms with Crippen LogP contribution < -0.4 is 0 Å². The van der Waals surface area contributed by atoms with Crippen LogP contribution in [0.2, 0.25) is 0 Å². The van der Waals surface area contributed by atoms with E-state index >= 15 is 0 Å². The second-order valence-corrected chi connectivity index (χ2v) is 4.76. The molecule has 0 aromatic carbocycles. The van der Waals surface area contributed by atoms with Crippen LogP contribution >= 0.6 is 0 Å². The van der Waals surface area contributed by atoms with Crippen LogP contribution in [-0.2, 0) is 9.47 Å². The Bertz CT molecular complexity index is 261. The van der Waals surface area contributed by atoms with E-state index in [0.29, 0.717) is 6.42 Å². The molecule has 3 heteroatoms. The van der Waals surface area contributed by atoms with Gasteiger partial charge in [-0.1, -0.05) is 6.42 Å². The SMILES string of the molecule is C[C@H]1OC2(CCCC[C@@H]2CC#N)O[C@@H]1C. The van der Waals surface area contributed by atoms with Crippen molar-refractivity contribution in [3.05, 3.63) is 0 Å². The molecule has 15 heavy (non-hydrogen) atoms. The maximum atomic E-state index is 8.83. The molecular formula is C12H19NO2. The molecule has 1 saturated heterocycles. The molecule has 3 atom stereocenters. The van der Waals surface area contributed by atoms with E-state index in [1.807, 2.05) is 0 Å². The van der Waals surface area contributed by atoms with Crippen molar-refractivity contribution in [2.45, 2.75) is 63.9 Å². The second-order valence-electron chi connectivity index (χ2n) is 4.76. The fraction of sp³-hybridized carbons (Fsp3) is 0.917. The van der Waals surface area contributed by atoms with Gasteiger partial charge < -0.3 is 9.47 Å². The van der Waals surface area contributed by atoms with Crippen molar-refractivity contribution in [2.24, 2.45) is 5.92 Å². The maximum Gasteiger partial charge on any atom is 0.173 e. The van der Waals surface area contributed by atoms with Gasteiger partial charge in [0.05, 0.1) is 18.3 Å². The van der Waals surface area contributed by atoms with Gasteiger partial charge in [0.2, 0.25) is 0 Å². The van der Waals surface area contributed by atoms with Crippen LogP contribution in [0.4, 0.5) is 0 Å². The molecule has 0 aromatic rings. The lowest BCUT2D eigenvalue weighted by Crippen LogP contribution is -2.42. The first kappa shape index (κ1) is 10.9. The highest BCUT2D eigenvalue weighted by molar-refractivity contribution is 4.94. The zero-order valence-corrected chi connectivity index (χ0v) is 9.53. The number of hydrogen-bond acceptors (Lipinski definition) is 3. The Kier molecular flexibility index (Phi) is 2.99. The minimum absolute atomic E-state index is 0.157. The summed E-state index contributed by atoms with van der Waals surface area (Å²) in [4.78, 5) is 0. The highest BCUT2D eigenvalue weighted by Gasteiger charge is 2.50. The van der Waals surface area contributed by atoms with Crippen molar-refractivity contribution in [3.63, 3.8) is 0 Å². The quantitative estimate of drug-likeness (QED) is 0.666. The topological polar surface area (TPSA) is 42.2 Å². The largest absolute Gasteiger partial charge is 0.344 e. The van der Waals surface area contributed by atoms with E-state index in [9.17, 15) is 0 Å². The monoisotopic (exact) mass is 209 g/mol. The second kappa shape index (κ2) is 4.11. The molecule has 2 rings (SSSR count). The van der Waals surface area contributed by atoms with Crippen molar-refractivity contribution in [1.82, 2.24) is 0 Å². The molecule has 0 aromatic heterocycles. The predicted molar refractivity (Wildman–Crippen MR) is 56.0 cm³/mol. The average Bonchev–Trinajstić information content (AvgIpc) is 2.48. The lowest BCUT2D eigenvalue weighted by Gasteiger charge is -2.38. The smallest absolute Gasteiger partial charge is 0.173 e. The Balaban J connectivity index is 2.13. The molecule has 84 valence electrons. The van der Waals surface area contributed by atoms with Crippen LogP contribution in [0.5, 0.6) is 0 Å². The van der Waals surface area contributed by atoms with Crippen LogP contribution in [0.3, 0.4) is 0 Å². The zero-order chi connectivity index (χ0) is 10.9. The molecule has 0 bridgehead atoms. The number of nitriles is 1. The average molecular weight is 209 g/mol. The van der Waals surface area contributed by atoms with Crippen LogP contribution in [0.25, 0.3) is 0 Å². The van der Waals surface area contributed by atoms with E-state index in [0.717, 1.165) is 19.3 Å². The third-order valence-electron chi connectivity index (χ3n) is 3.72. The first-order valence-electron chi connectivity index (χ1n) is 5.90. The summed E-state index contributed by atoms with van der Waals surface area (Å²) in [6.45, 7) is 4.11. The van der Waals surface area contributed by atoms with E-state index < -0.39 is 5.79 Å². The molecular weight excluding hydrogens is 190 g/mol. The molecule has 3 nitrogen and oxygen atoms in total. The predicted octanol–water partition coefficient (Wildman–Crippen LogP) is 2.61. The zero-order valence-electron chi connectivity index (χ0n) is 9.53. The van der Waals surface area contributed by atoms with Crippen LogP contribution in [-0.4, -0.2) is 18.0 Å². The highest BCUT2D eigenvalue weighted by atomic mass is 16.8. The summed E-state index contributed by atoms with van der Waals surface area (Å²) in [5.41, 5.74) is 0. The Hall–Kier alpha value is -0.590. The first-order chi connectivity index (χ1) is 7.18. The Labute approximate surface area is 91.4 Å². The van der Waals surface area contributed by atoms with E-state index in [4.69, 9.17) is 14.7 Å². The maximum absolute atomic E-state index is 8.83. The van der Waals surface area contributed by atoms with Gasteiger partial charge in [-0.05, 0) is 26.7 Å². The van der Waals surface area contributed by atoms with Crippen LogP contribution in [0, 0.1) is 17.2 Å². The summed E-state index contributed by atoms with van der Waals surface area (Å²) in [6.07, 6.45) is 5.24. The number of hydrogen-bond donors (Lipinski definition) is 0. The summed E-state index contributed by atoms with van der Waals surface area (Å²) in [5, 5.41) is 8.83. The summed E-state index contributed by atoms with van der Waals surface area (Å²) >= 11 is 0. The molecule has 2 fully saturated rings. The van der Waals surface area contributed by atoms with Gasteiger partial charge in [-0.3, -0.25) is 0 Å². The number of nitrogens with zero attached hydrogens (tertiary/aromatic N) is 1. The molecule has 1 aliphatic heterocycles. The first-order valence-corrected chi connectivity index (χ1v) is 5.90. The Morgan fingerprint density at radius 1 is 1.27 bits per heavy atom. The Morgan fingerprint density at radius 2 is 1.93 bits per heavy atom. The van der Waals surface area contributed by atoms with Gasteiger partial charge in [0, 0.05) is 18.8 Å². The lowest BCUT2D eigenvalue weighted by atomic mass is 9.81. The number of ether oxygens (including phenoxy) is 2. The lowest BCUT2D eigenvalue weighted by molar-refractivity contribution is -0.224. The van der Waals surface area contributed by atoms with Crippen molar-refractivity contribution >= 4 is 0 Å². The van der Waals surface area contributed by atoms with E-state index in [1.165, 1.54) is 6.42 Å². The molecule has 0 amide bonds. The van der Waals surface area contributed by atoms with Gasteiger partial charge >= 0.3 is 0 Å². The van der Waals surface area contributed by atoms with E-state index in [2.05, 4.69) is 19.9 Å². The van der Waals surface area contributed by atoms with Crippen molar-refractivity contribution in [2.75, 3.05) is 0 Å². The van der Waals surface area contributed by atoms with E-state index in [1.54, 1.807) is 0 Å². The summed E-state index contributed by atoms with van der Waals surface area (Å²) < 4.78 is 12.0. The van der Waals surface area contributed by atoms with E-state index in [-0.39, 0.29) is 18.1 Å². The molecule has 0 radical (unpaired) electrons. The van der Waals surface area contributed by atoms with Gasteiger partial charge in [-0.2, -0.15) is 5.26 Å². The fourth-order valence-corrected chi connectivity index (χ4v) is 2.71. The summed E-state index contributed by atoms with van der Waals surface area (Å²) in [6, 6.07) is 2.26. The Morgan fingerprint density at radius 3 is 2.53 bits per heavy atom. The van der Waals surface area contributed by atoms with Crippen LogP contribution in [0.15, 0.2) is 0 Å². The van der Waals surface area contributed by atoms with Gasteiger partial charge in [-0.15, -0.1) is 0 Å². The summed E-state index contributed by atoms with van der Waals surface area (Å²) in [7, 11) is 0.